The Bertz CT molecular complexity index is 1370. The lowest BCUT2D eigenvalue weighted by Gasteiger charge is -2.17. The van der Waals surface area contributed by atoms with Crippen LogP contribution in [-0.2, 0) is 20.2 Å². The molecule has 1 aliphatic carbocycles. The van der Waals surface area contributed by atoms with Crippen molar-refractivity contribution in [2.45, 2.75) is 36.1 Å². The molecule has 0 saturated heterocycles. The normalized spacial score (nSPS) is 16.5. The molecule has 0 radical (unpaired) electrons. The predicted molar refractivity (Wildman–Crippen MR) is 133 cm³/mol. The van der Waals surface area contributed by atoms with Crippen molar-refractivity contribution < 1.29 is 29.2 Å². The van der Waals surface area contributed by atoms with Gasteiger partial charge in [0.15, 0.2) is 11.5 Å². The highest BCUT2D eigenvalue weighted by atomic mass is 32.2. The number of hydrogen-bond acceptors (Lipinski definition) is 6. The molecule has 1 fully saturated rings. The number of fused-ring (bicyclic) bond motifs is 1. The van der Waals surface area contributed by atoms with Gasteiger partial charge in [-0.2, -0.15) is 0 Å². The minimum absolute atomic E-state index is 0. The van der Waals surface area contributed by atoms with E-state index in [1.54, 1.807) is 19.1 Å². The van der Waals surface area contributed by atoms with Gasteiger partial charge in [-0.15, -0.1) is 0 Å². The van der Waals surface area contributed by atoms with Crippen molar-refractivity contribution in [2.24, 2.45) is 0 Å². The van der Waals surface area contributed by atoms with Gasteiger partial charge in [-0.25, -0.2) is 13.1 Å². The first kappa shape index (κ1) is 23.3. The van der Waals surface area contributed by atoms with Crippen LogP contribution in [0, 0.1) is 0 Å². The monoisotopic (exact) mass is 496 g/mol. The molecule has 9 heteroatoms. The Kier molecular flexibility index (Phi) is 6.00. The minimum atomic E-state index is -3.72. The molecule has 3 aromatic rings. The van der Waals surface area contributed by atoms with Gasteiger partial charge in [0.25, 0.3) is 0 Å². The number of rotatable bonds is 8. The number of ether oxygens (including phenoxy) is 2. The van der Waals surface area contributed by atoms with Gasteiger partial charge in [0, 0.05) is 13.2 Å². The van der Waals surface area contributed by atoms with E-state index in [0.29, 0.717) is 17.2 Å². The molecule has 1 atom stereocenters. The summed E-state index contributed by atoms with van der Waals surface area (Å²) >= 11 is 0. The molecule has 184 valence electrons. The standard InChI is InChI=1S/C26H26N2O6S.H2/c1-17(15-29)28-35(31,32)22-8-5-18(6-9-22)19-3-2-4-21(13-19)27-25(30)26(11-12-26)20-7-10-23-24(14-20)34-16-33-23;/h2-10,13-14,17,28-29H,11-12,15-16H2,1H3,(H,27,30);1H/t17-;/m1./s1. The highest BCUT2D eigenvalue weighted by Gasteiger charge is 2.51. The Morgan fingerprint density at radius 1 is 1.03 bits per heavy atom. The maximum absolute atomic E-state index is 13.2. The number of aliphatic hydroxyl groups excluding tert-OH is 1. The predicted octanol–water partition coefficient (Wildman–Crippen LogP) is 3.66. The van der Waals surface area contributed by atoms with Crippen molar-refractivity contribution in [2.75, 3.05) is 18.7 Å². The molecule has 3 aromatic carbocycles. The van der Waals surface area contributed by atoms with Crippen molar-refractivity contribution >= 4 is 21.6 Å². The number of benzene rings is 3. The van der Waals surface area contributed by atoms with Gasteiger partial charge in [-0.05, 0) is 72.9 Å². The molecule has 8 nitrogen and oxygen atoms in total. The minimum Gasteiger partial charge on any atom is -0.454 e. The third-order valence-corrected chi connectivity index (χ3v) is 7.96. The molecule has 1 aliphatic heterocycles. The first-order chi connectivity index (χ1) is 16.8. The first-order valence-corrected chi connectivity index (χ1v) is 12.8. The molecule has 0 bridgehead atoms. The lowest BCUT2D eigenvalue weighted by atomic mass is 9.94. The van der Waals surface area contributed by atoms with Crippen LogP contribution in [0.2, 0.25) is 0 Å². The van der Waals surface area contributed by atoms with Crippen LogP contribution in [0.3, 0.4) is 0 Å². The third-order valence-electron chi connectivity index (χ3n) is 6.36. The lowest BCUT2D eigenvalue weighted by molar-refractivity contribution is -0.118. The van der Waals surface area contributed by atoms with Crippen molar-refractivity contribution in [3.8, 4) is 22.6 Å². The zero-order valence-electron chi connectivity index (χ0n) is 19.2. The summed E-state index contributed by atoms with van der Waals surface area (Å²) in [5, 5.41) is 12.2. The molecule has 1 saturated carbocycles. The van der Waals surface area contributed by atoms with E-state index >= 15 is 0 Å². The van der Waals surface area contributed by atoms with Crippen molar-refractivity contribution in [3.63, 3.8) is 0 Å². The van der Waals surface area contributed by atoms with E-state index in [-0.39, 0.29) is 25.6 Å². The highest BCUT2D eigenvalue weighted by Crippen LogP contribution is 2.51. The Morgan fingerprint density at radius 3 is 2.49 bits per heavy atom. The first-order valence-electron chi connectivity index (χ1n) is 11.4. The van der Waals surface area contributed by atoms with Crippen LogP contribution < -0.4 is 19.5 Å². The van der Waals surface area contributed by atoms with E-state index in [0.717, 1.165) is 29.5 Å². The van der Waals surface area contributed by atoms with Crippen LogP contribution in [0.15, 0.2) is 71.6 Å². The van der Waals surface area contributed by atoms with Gasteiger partial charge in [-0.1, -0.05) is 30.3 Å². The number of sulfonamides is 1. The molecule has 1 amide bonds. The van der Waals surface area contributed by atoms with Crippen LogP contribution in [0.4, 0.5) is 5.69 Å². The van der Waals surface area contributed by atoms with Gasteiger partial charge in [-0.3, -0.25) is 4.79 Å². The summed E-state index contributed by atoms with van der Waals surface area (Å²) < 4.78 is 38.1. The van der Waals surface area contributed by atoms with Crippen molar-refractivity contribution in [3.05, 3.63) is 72.3 Å². The van der Waals surface area contributed by atoms with Crippen LogP contribution in [0.1, 0.15) is 26.8 Å². The molecular weight excluding hydrogens is 468 g/mol. The highest BCUT2D eigenvalue weighted by molar-refractivity contribution is 7.89. The van der Waals surface area contributed by atoms with Crippen molar-refractivity contribution in [1.82, 2.24) is 4.72 Å². The van der Waals surface area contributed by atoms with Gasteiger partial charge >= 0.3 is 0 Å². The Balaban J connectivity index is 0.00000304. The number of anilines is 1. The second-order valence-corrected chi connectivity index (χ2v) is 10.6. The molecule has 1 heterocycles. The Hall–Kier alpha value is -3.40. The summed E-state index contributed by atoms with van der Waals surface area (Å²) in [6.45, 7) is 1.49. The van der Waals surface area contributed by atoms with E-state index in [9.17, 15) is 13.2 Å². The molecule has 35 heavy (non-hydrogen) atoms. The molecule has 0 spiro atoms. The van der Waals surface area contributed by atoms with Gasteiger partial charge in [0.05, 0.1) is 16.9 Å². The second-order valence-electron chi connectivity index (χ2n) is 8.91. The largest absolute Gasteiger partial charge is 0.454 e. The Morgan fingerprint density at radius 2 is 1.77 bits per heavy atom. The molecule has 0 unspecified atom stereocenters. The number of amides is 1. The maximum atomic E-state index is 13.2. The summed E-state index contributed by atoms with van der Waals surface area (Å²) in [6, 6.07) is 19.0. The number of carbonyl (C=O) groups is 1. The molecule has 2 aliphatic rings. The number of aliphatic hydroxyl groups is 1. The zero-order chi connectivity index (χ0) is 24.6. The van der Waals surface area contributed by atoms with Gasteiger partial charge < -0.3 is 19.9 Å². The Labute approximate surface area is 205 Å². The van der Waals surface area contributed by atoms with Crippen molar-refractivity contribution in [1.29, 1.82) is 0 Å². The van der Waals surface area contributed by atoms with Crippen LogP contribution in [0.5, 0.6) is 11.5 Å². The molecule has 5 rings (SSSR count). The van der Waals surface area contributed by atoms with Crippen LogP contribution in [-0.4, -0.2) is 38.9 Å². The van der Waals surface area contributed by atoms with E-state index in [4.69, 9.17) is 14.6 Å². The van der Waals surface area contributed by atoms with E-state index in [2.05, 4.69) is 10.0 Å². The van der Waals surface area contributed by atoms with Crippen LogP contribution >= 0.6 is 0 Å². The fourth-order valence-electron chi connectivity index (χ4n) is 4.19. The topological polar surface area (TPSA) is 114 Å². The fourth-order valence-corrected chi connectivity index (χ4v) is 5.42. The second kappa shape index (κ2) is 8.99. The number of hydrogen-bond donors (Lipinski definition) is 3. The quantitative estimate of drug-likeness (QED) is 0.439. The van der Waals surface area contributed by atoms with Gasteiger partial charge in [0.2, 0.25) is 22.7 Å². The molecular formula is C26H28N2O6S. The summed E-state index contributed by atoms with van der Waals surface area (Å²) in [7, 11) is -3.72. The van der Waals surface area contributed by atoms with E-state index in [1.165, 1.54) is 12.1 Å². The van der Waals surface area contributed by atoms with E-state index in [1.807, 2.05) is 42.5 Å². The summed E-state index contributed by atoms with van der Waals surface area (Å²) in [4.78, 5) is 13.4. The summed E-state index contributed by atoms with van der Waals surface area (Å²) in [5.41, 5.74) is 2.65. The number of carbonyl (C=O) groups excluding carboxylic acids is 1. The van der Waals surface area contributed by atoms with Crippen LogP contribution in [0.25, 0.3) is 11.1 Å². The summed E-state index contributed by atoms with van der Waals surface area (Å²) in [6.07, 6.45) is 1.52. The van der Waals surface area contributed by atoms with Gasteiger partial charge in [0.1, 0.15) is 0 Å². The SMILES string of the molecule is C[C@H](CO)NS(=O)(=O)c1ccc(-c2cccc(NC(=O)C3(c4ccc5c(c4)OCO5)CC3)c2)cc1.[HH]. The zero-order valence-corrected chi connectivity index (χ0v) is 20.0. The average molecular weight is 497 g/mol. The molecule has 3 N–H and O–H groups in total. The number of nitrogens with one attached hydrogen (secondary N) is 2. The average Bonchev–Trinajstić information content (AvgIpc) is 3.55. The third kappa shape index (κ3) is 4.62. The smallest absolute Gasteiger partial charge is 0.240 e. The fraction of sp³-hybridized carbons (Fsp3) is 0.269. The van der Waals surface area contributed by atoms with E-state index < -0.39 is 21.5 Å². The summed E-state index contributed by atoms with van der Waals surface area (Å²) in [5.74, 6) is 1.28. The lowest BCUT2D eigenvalue weighted by Crippen LogP contribution is -2.34. The maximum Gasteiger partial charge on any atom is 0.240 e. The molecule has 0 aromatic heterocycles.